The van der Waals surface area contributed by atoms with Gasteiger partial charge >= 0.3 is 0 Å². The van der Waals surface area contributed by atoms with E-state index in [1.54, 1.807) is 7.11 Å². The second-order valence-corrected chi connectivity index (χ2v) is 7.54. The molecule has 1 aromatic heterocycles. The van der Waals surface area contributed by atoms with Crippen LogP contribution in [0.1, 0.15) is 25.7 Å². The van der Waals surface area contributed by atoms with Gasteiger partial charge in [0.2, 0.25) is 5.91 Å². The van der Waals surface area contributed by atoms with Gasteiger partial charge in [0.25, 0.3) is 0 Å². The van der Waals surface area contributed by atoms with Crippen molar-refractivity contribution in [1.82, 2.24) is 14.9 Å². The first-order valence-electron chi connectivity index (χ1n) is 9.43. The molecule has 2 aromatic rings. The molecule has 2 aliphatic heterocycles. The van der Waals surface area contributed by atoms with Crippen LogP contribution in [0, 0.1) is 5.41 Å². The molecule has 0 aliphatic carbocycles. The van der Waals surface area contributed by atoms with Crippen molar-refractivity contribution in [3.05, 3.63) is 30.5 Å². The third-order valence-electron chi connectivity index (χ3n) is 5.77. The number of ether oxygens (including phenoxy) is 1. The number of likely N-dealkylation sites (tertiary alicyclic amines) is 1. The molecule has 2 saturated heterocycles. The van der Waals surface area contributed by atoms with Crippen LogP contribution in [-0.4, -0.2) is 60.7 Å². The van der Waals surface area contributed by atoms with E-state index in [1.165, 1.54) is 0 Å². The van der Waals surface area contributed by atoms with E-state index in [9.17, 15) is 4.79 Å². The van der Waals surface area contributed by atoms with Crippen LogP contribution in [0.4, 0.5) is 5.82 Å². The summed E-state index contributed by atoms with van der Waals surface area (Å²) in [6.45, 7) is 4.30. The van der Waals surface area contributed by atoms with Gasteiger partial charge in [-0.15, -0.1) is 0 Å². The topological polar surface area (TPSA) is 58.6 Å². The van der Waals surface area contributed by atoms with Crippen LogP contribution in [0.5, 0.6) is 0 Å². The number of rotatable bonds is 5. The maximum atomic E-state index is 12.4. The maximum Gasteiger partial charge on any atom is 0.223 e. The predicted octanol–water partition coefficient (Wildman–Crippen LogP) is 2.49. The van der Waals surface area contributed by atoms with Crippen LogP contribution in [0.3, 0.4) is 0 Å². The Kier molecular flexibility index (Phi) is 4.76. The van der Waals surface area contributed by atoms with Crippen molar-refractivity contribution in [2.75, 3.05) is 44.8 Å². The zero-order chi connectivity index (χ0) is 18.0. The molecule has 0 bridgehead atoms. The highest BCUT2D eigenvalue weighted by atomic mass is 16.5. The standard InChI is InChI=1S/C20H26N4O2/c1-26-12-4-9-24-15-20(13-19(24)25)7-10-23(11-8-20)18-14-21-16-5-2-3-6-17(16)22-18/h2-3,5-6,14H,4,7-13,15H2,1H3. The van der Waals surface area contributed by atoms with Gasteiger partial charge in [0, 0.05) is 51.7 Å². The number of amides is 1. The third kappa shape index (κ3) is 3.38. The first-order valence-corrected chi connectivity index (χ1v) is 9.43. The molecule has 4 rings (SSSR count). The van der Waals surface area contributed by atoms with Crippen molar-refractivity contribution >= 4 is 22.8 Å². The normalized spacial score (nSPS) is 19.7. The van der Waals surface area contributed by atoms with E-state index in [0.29, 0.717) is 18.9 Å². The number of carbonyl (C=O) groups excluding carboxylic acids is 1. The first kappa shape index (κ1) is 17.2. The maximum absolute atomic E-state index is 12.4. The van der Waals surface area contributed by atoms with E-state index in [4.69, 9.17) is 9.72 Å². The monoisotopic (exact) mass is 354 g/mol. The highest BCUT2D eigenvalue weighted by Crippen LogP contribution is 2.41. The second-order valence-electron chi connectivity index (χ2n) is 7.54. The lowest BCUT2D eigenvalue weighted by Gasteiger charge is -2.39. The molecule has 0 unspecified atom stereocenters. The Morgan fingerprint density at radius 1 is 1.19 bits per heavy atom. The van der Waals surface area contributed by atoms with Crippen LogP contribution < -0.4 is 4.90 Å². The lowest BCUT2D eigenvalue weighted by atomic mass is 9.77. The molecule has 0 atom stereocenters. The molecule has 0 N–H and O–H groups in total. The Hall–Kier alpha value is -2.21. The lowest BCUT2D eigenvalue weighted by molar-refractivity contribution is -0.128. The van der Waals surface area contributed by atoms with Crippen molar-refractivity contribution < 1.29 is 9.53 Å². The summed E-state index contributed by atoms with van der Waals surface area (Å²) in [7, 11) is 1.71. The average Bonchev–Trinajstić information content (AvgIpc) is 2.97. The van der Waals surface area contributed by atoms with Gasteiger partial charge in [-0.05, 0) is 31.4 Å². The molecule has 1 spiro atoms. The van der Waals surface area contributed by atoms with E-state index >= 15 is 0 Å². The summed E-state index contributed by atoms with van der Waals surface area (Å²) in [5.41, 5.74) is 2.01. The summed E-state index contributed by atoms with van der Waals surface area (Å²) >= 11 is 0. The Morgan fingerprint density at radius 2 is 1.96 bits per heavy atom. The summed E-state index contributed by atoms with van der Waals surface area (Å²) < 4.78 is 5.11. The summed E-state index contributed by atoms with van der Waals surface area (Å²) in [5.74, 6) is 1.25. The fraction of sp³-hybridized carbons (Fsp3) is 0.550. The van der Waals surface area contributed by atoms with Gasteiger partial charge in [-0.3, -0.25) is 9.78 Å². The summed E-state index contributed by atoms with van der Waals surface area (Å²) in [4.78, 5) is 26.0. The number of nitrogens with zero attached hydrogens (tertiary/aromatic N) is 4. The summed E-state index contributed by atoms with van der Waals surface area (Å²) in [5, 5.41) is 0. The molecule has 0 saturated carbocycles. The average molecular weight is 354 g/mol. The number of aromatic nitrogens is 2. The number of hydrogen-bond acceptors (Lipinski definition) is 5. The number of fused-ring (bicyclic) bond motifs is 1. The number of methoxy groups -OCH3 is 1. The van der Waals surface area contributed by atoms with Crippen LogP contribution >= 0.6 is 0 Å². The van der Waals surface area contributed by atoms with Gasteiger partial charge in [0.05, 0.1) is 17.2 Å². The summed E-state index contributed by atoms with van der Waals surface area (Å²) in [6, 6.07) is 7.97. The molecule has 138 valence electrons. The Bertz CT molecular complexity index is 786. The van der Waals surface area contributed by atoms with E-state index in [2.05, 4.69) is 9.88 Å². The SMILES string of the molecule is COCCCN1CC2(CCN(c3cnc4ccccc4n3)CC2)CC1=O. The van der Waals surface area contributed by atoms with Crippen LogP contribution in [0.15, 0.2) is 30.5 Å². The highest BCUT2D eigenvalue weighted by Gasteiger charge is 2.44. The molecule has 2 aliphatic rings. The van der Waals surface area contributed by atoms with Crippen molar-refractivity contribution in [2.24, 2.45) is 5.41 Å². The number of benzene rings is 1. The fourth-order valence-corrected chi connectivity index (χ4v) is 4.23. The van der Waals surface area contributed by atoms with E-state index in [-0.39, 0.29) is 5.41 Å². The molecular formula is C20H26N4O2. The molecule has 6 nitrogen and oxygen atoms in total. The van der Waals surface area contributed by atoms with Gasteiger partial charge < -0.3 is 14.5 Å². The molecule has 0 radical (unpaired) electrons. The van der Waals surface area contributed by atoms with Crippen LogP contribution in [0.25, 0.3) is 11.0 Å². The number of carbonyl (C=O) groups is 1. The van der Waals surface area contributed by atoms with E-state index in [1.807, 2.05) is 35.4 Å². The molecule has 6 heteroatoms. The highest BCUT2D eigenvalue weighted by molar-refractivity contribution is 5.79. The van der Waals surface area contributed by atoms with Crippen LogP contribution in [-0.2, 0) is 9.53 Å². The first-order chi connectivity index (χ1) is 12.7. The molecule has 1 amide bonds. The van der Waals surface area contributed by atoms with E-state index in [0.717, 1.165) is 62.3 Å². The Morgan fingerprint density at radius 3 is 2.73 bits per heavy atom. The van der Waals surface area contributed by atoms with Gasteiger partial charge in [-0.25, -0.2) is 4.98 Å². The predicted molar refractivity (Wildman–Crippen MR) is 101 cm³/mol. The minimum absolute atomic E-state index is 0.144. The van der Waals surface area contributed by atoms with E-state index < -0.39 is 0 Å². The fourth-order valence-electron chi connectivity index (χ4n) is 4.23. The van der Waals surface area contributed by atoms with Gasteiger partial charge in [0.1, 0.15) is 5.82 Å². The van der Waals surface area contributed by atoms with Crippen molar-refractivity contribution in [3.8, 4) is 0 Å². The number of hydrogen-bond donors (Lipinski definition) is 0. The molecule has 26 heavy (non-hydrogen) atoms. The second kappa shape index (κ2) is 7.19. The third-order valence-corrected chi connectivity index (χ3v) is 5.77. The quantitative estimate of drug-likeness (QED) is 0.772. The molecule has 1 aromatic carbocycles. The minimum atomic E-state index is 0.144. The zero-order valence-electron chi connectivity index (χ0n) is 15.4. The van der Waals surface area contributed by atoms with Crippen molar-refractivity contribution in [1.29, 1.82) is 0 Å². The van der Waals surface area contributed by atoms with Gasteiger partial charge in [-0.1, -0.05) is 12.1 Å². The lowest BCUT2D eigenvalue weighted by Crippen LogP contribution is -2.42. The minimum Gasteiger partial charge on any atom is -0.385 e. The van der Waals surface area contributed by atoms with Gasteiger partial charge in [0.15, 0.2) is 0 Å². The van der Waals surface area contributed by atoms with Gasteiger partial charge in [-0.2, -0.15) is 0 Å². The zero-order valence-corrected chi connectivity index (χ0v) is 15.4. The molecule has 3 heterocycles. The molecule has 2 fully saturated rings. The smallest absolute Gasteiger partial charge is 0.223 e. The number of para-hydroxylation sites is 2. The largest absolute Gasteiger partial charge is 0.385 e. The summed E-state index contributed by atoms with van der Waals surface area (Å²) in [6.07, 6.45) is 5.55. The number of piperidine rings is 1. The Balaban J connectivity index is 1.39. The Labute approximate surface area is 154 Å². The number of anilines is 1. The van der Waals surface area contributed by atoms with Crippen LogP contribution in [0.2, 0.25) is 0 Å². The molecular weight excluding hydrogens is 328 g/mol. The van der Waals surface area contributed by atoms with Crippen molar-refractivity contribution in [3.63, 3.8) is 0 Å². The van der Waals surface area contributed by atoms with Crippen molar-refractivity contribution in [2.45, 2.75) is 25.7 Å².